The minimum Gasteiger partial charge on any atom is -0.386 e. The predicted molar refractivity (Wildman–Crippen MR) is 365 cm³/mol. The molecule has 608 valence electrons. The molecule has 4 aromatic heterocycles. The Bertz CT molecular complexity index is 4170. The van der Waals surface area contributed by atoms with Crippen LogP contribution < -0.4 is 32.7 Å². The summed E-state index contributed by atoms with van der Waals surface area (Å²) < 4.78 is 124. The van der Waals surface area contributed by atoms with Gasteiger partial charge in [0, 0.05) is 67.8 Å². The standard InChI is InChI=1S/2C25H40N7O18P3S/c1-13(33)8-16(35)54-7-6-27-15(34)4-5-28-23(38)20(37)25(2,3)10-47-53(44,45)50-52(42,43)46-9-14-19(49-51(39,40)41)18(36)24(48-14)32-12-31-17-21(26)29-11-30-22(17)32;1-4-13(33)24(38)54-8-7-27-15(34)5-6-28-22(37)19(36)25(2,3)10-47-53(44,45)50-52(42,43)46-9-14-18(49-51(39,40)41)17(35)23(48-14)32-12-31-16-20(26)29-11-30-21(16)32/h11-12,14,18-20,24,36-37H,4-10H2,1-3H3,(H,27,34)(H,28,38)(H,42,43)(H,44,45)(H2,26,29,30)(H2,39,40,41);11-12,14,17-19,23,35-36H,4-10H2,1-3H3,(H,27,34)(H,28,37)(H,42,43)(H,44,45)(H2,26,29,30)(H2,39,40,41)/t14-,18-,19-,20+,24-;14-,17-,18-,19+,23-/m11/s1. The van der Waals surface area contributed by atoms with Gasteiger partial charge in [-0.2, -0.15) is 8.62 Å². The lowest BCUT2D eigenvalue weighted by molar-refractivity contribution is -0.137. The van der Waals surface area contributed by atoms with Gasteiger partial charge in [0.2, 0.25) is 29.4 Å². The number of nitrogens with one attached hydrogen (secondary N) is 4. The summed E-state index contributed by atoms with van der Waals surface area (Å²) in [4.78, 5) is 196. The van der Waals surface area contributed by atoms with Gasteiger partial charge in [0.15, 0.2) is 40.5 Å². The minimum absolute atomic E-state index is 0.0234. The molecule has 0 spiro atoms. The van der Waals surface area contributed by atoms with E-state index in [1.807, 2.05) is 0 Å². The molecular weight excluding hydrogens is 1620 g/mol. The number of nitrogens with two attached hydrogens (primary N) is 2. The number of thioether (sulfide) groups is 2. The van der Waals surface area contributed by atoms with Crippen molar-refractivity contribution in [3.8, 4) is 0 Å². The second kappa shape index (κ2) is 39.8. The van der Waals surface area contributed by atoms with E-state index in [4.69, 9.17) is 39.0 Å². The third kappa shape index (κ3) is 29.2. The number of nitrogens with zero attached hydrogens (tertiary/aromatic N) is 8. The molecule has 4 amide bonds. The average Bonchev–Trinajstić information content (AvgIpc) is 1.62. The number of phosphoric acid groups is 6. The van der Waals surface area contributed by atoms with Crippen LogP contribution in [0.1, 0.15) is 79.7 Å². The number of ketones is 2. The Hall–Kier alpha value is -5.54. The Labute approximate surface area is 618 Å². The summed E-state index contributed by atoms with van der Waals surface area (Å²) in [5.74, 6) is -3.57. The van der Waals surface area contributed by atoms with Crippen LogP contribution in [0.4, 0.5) is 11.6 Å². The molecule has 4 unspecified atom stereocenters. The summed E-state index contributed by atoms with van der Waals surface area (Å²) in [6, 6.07) is 0. The molecule has 108 heavy (non-hydrogen) atoms. The number of ether oxygens (including phenoxy) is 2. The van der Waals surface area contributed by atoms with Crippen LogP contribution in [0.3, 0.4) is 0 Å². The van der Waals surface area contributed by atoms with Crippen molar-refractivity contribution in [2.24, 2.45) is 10.8 Å². The number of aliphatic hydroxyl groups is 4. The molecule has 4 aromatic rings. The van der Waals surface area contributed by atoms with E-state index in [1.165, 1.54) is 34.6 Å². The lowest BCUT2D eigenvalue weighted by atomic mass is 9.87. The van der Waals surface area contributed by atoms with Crippen LogP contribution in [0.5, 0.6) is 0 Å². The molecule has 2 fully saturated rings. The van der Waals surface area contributed by atoms with Crippen molar-refractivity contribution < 1.29 is 171 Å². The summed E-state index contributed by atoms with van der Waals surface area (Å²) in [5, 5.41) is 51.3. The Morgan fingerprint density at radius 1 is 0.565 bits per heavy atom. The van der Waals surface area contributed by atoms with Gasteiger partial charge in [-0.1, -0.05) is 58.1 Å². The normalized spacial score (nSPS) is 21.9. The number of imidazole rings is 2. The fourth-order valence-corrected chi connectivity index (χ4v) is 16.1. The molecule has 14 atom stereocenters. The maximum atomic E-state index is 12.6. The van der Waals surface area contributed by atoms with E-state index in [2.05, 4.69) is 68.8 Å². The van der Waals surface area contributed by atoms with Gasteiger partial charge >= 0.3 is 46.9 Å². The molecule has 0 aromatic carbocycles. The molecule has 0 aliphatic carbocycles. The highest BCUT2D eigenvalue weighted by atomic mass is 32.2. The van der Waals surface area contributed by atoms with Gasteiger partial charge in [0.1, 0.15) is 78.3 Å². The molecule has 50 nitrogen and oxygen atoms in total. The number of carbonyl (C=O) groups excluding carboxylic acids is 8. The van der Waals surface area contributed by atoms with Gasteiger partial charge in [-0.15, -0.1) is 0 Å². The Kier molecular flexibility index (Phi) is 34.3. The zero-order valence-corrected chi connectivity index (χ0v) is 64.4. The van der Waals surface area contributed by atoms with Crippen LogP contribution in [0.25, 0.3) is 22.3 Å². The molecule has 2 aliphatic rings. The first-order valence-electron chi connectivity index (χ1n) is 31.0. The van der Waals surface area contributed by atoms with Crippen molar-refractivity contribution in [3.05, 3.63) is 25.3 Å². The fraction of sp³-hybridized carbons (Fsp3) is 0.640. The molecular formula is C50H80N14O36P6S2. The zero-order chi connectivity index (χ0) is 81.3. The summed E-state index contributed by atoms with van der Waals surface area (Å²) in [6.45, 7) is 3.36. The number of aromatic nitrogens is 8. The Morgan fingerprint density at radius 2 is 0.935 bits per heavy atom. The first-order valence-corrected chi connectivity index (χ1v) is 42.0. The van der Waals surface area contributed by atoms with E-state index in [0.29, 0.717) is 0 Å². The largest absolute Gasteiger partial charge is 0.481 e. The first kappa shape index (κ1) is 93.1. The van der Waals surface area contributed by atoms with E-state index in [9.17, 15) is 125 Å². The van der Waals surface area contributed by atoms with Gasteiger partial charge in [0.05, 0.1) is 45.5 Å². The number of nitrogen functional groups attached to an aromatic ring is 2. The number of hydrogen-bond acceptors (Lipinski definition) is 38. The number of carbonyl (C=O) groups is 8. The molecule has 20 N–H and O–H groups in total. The quantitative estimate of drug-likeness (QED) is 0.00928. The van der Waals surface area contributed by atoms with Crippen molar-refractivity contribution in [2.75, 3.05) is 75.6 Å². The van der Waals surface area contributed by atoms with Crippen LogP contribution in [0.2, 0.25) is 0 Å². The molecule has 0 saturated carbocycles. The summed E-state index contributed by atoms with van der Waals surface area (Å²) in [6.07, 6.45) is -14.2. The second-order valence-electron chi connectivity index (χ2n) is 24.2. The Morgan fingerprint density at radius 3 is 1.30 bits per heavy atom. The van der Waals surface area contributed by atoms with Crippen molar-refractivity contribution in [1.29, 1.82) is 0 Å². The molecule has 0 radical (unpaired) electrons. The highest BCUT2D eigenvalue weighted by molar-refractivity contribution is 8.15. The molecule has 6 heterocycles. The van der Waals surface area contributed by atoms with Crippen LogP contribution in [-0.2, 0) is 111 Å². The van der Waals surface area contributed by atoms with Crippen molar-refractivity contribution in [3.63, 3.8) is 0 Å². The number of aliphatic hydroxyl groups excluding tert-OH is 4. The van der Waals surface area contributed by atoms with Crippen LogP contribution in [0, 0.1) is 10.8 Å². The summed E-state index contributed by atoms with van der Waals surface area (Å²) >= 11 is 1.63. The fourth-order valence-electron chi connectivity index (χ4n) is 9.05. The highest BCUT2D eigenvalue weighted by Gasteiger charge is 2.53. The molecule has 2 saturated heterocycles. The summed E-state index contributed by atoms with van der Waals surface area (Å²) in [5.41, 5.74) is 8.44. The average molecular weight is 1700 g/mol. The monoisotopic (exact) mass is 1700 g/mol. The predicted octanol–water partition coefficient (Wildman–Crippen LogP) is -2.71. The second-order valence-corrected chi connectivity index (χ2v) is 34.8. The van der Waals surface area contributed by atoms with Gasteiger partial charge < -0.3 is 102 Å². The number of hydrogen-bond donors (Lipinski definition) is 18. The summed E-state index contributed by atoms with van der Waals surface area (Å²) in [7, 11) is -32.8. The number of anilines is 2. The van der Waals surface area contributed by atoms with Crippen LogP contribution in [-0.4, -0.2) is 257 Å². The van der Waals surface area contributed by atoms with E-state index in [-0.39, 0.29) is 108 Å². The lowest BCUT2D eigenvalue weighted by Crippen LogP contribution is -2.46. The minimum atomic E-state index is -5.58. The van der Waals surface area contributed by atoms with Crippen LogP contribution in [0.15, 0.2) is 25.3 Å². The number of rotatable bonds is 42. The topological polar surface area (TPSA) is 761 Å². The third-order valence-electron chi connectivity index (χ3n) is 14.4. The highest BCUT2D eigenvalue weighted by Crippen LogP contribution is 2.63. The Balaban J connectivity index is 0.000000387. The van der Waals surface area contributed by atoms with E-state index in [1.54, 1.807) is 6.92 Å². The number of fused-ring (bicyclic) bond motifs is 2. The molecule has 0 bridgehead atoms. The maximum Gasteiger partial charge on any atom is 0.481 e. The zero-order valence-electron chi connectivity index (χ0n) is 57.4. The van der Waals surface area contributed by atoms with Gasteiger partial charge in [-0.05, 0) is 6.92 Å². The van der Waals surface area contributed by atoms with Crippen molar-refractivity contribution >= 4 is 150 Å². The SMILES string of the molecule is CC(=O)CC(=O)SCCNC(=O)CCNC(=O)[C@H](O)C(C)(C)COP(=O)(O)OP(=O)(O)OC[C@H]1O[C@@H](n2cnc3c(N)ncnc32)[C@H](O)[C@@H]1OP(=O)(O)O.CCC(=O)C(=O)SCCNC(=O)CCNC(=O)[C@H](O)C(C)(C)COP(=O)(O)OP(=O)(O)OC[C@H]1O[C@@H](n2cnc3c(N)ncnc32)[C@H](O)[C@@H]1OP(=O)(O)O. The first-order chi connectivity index (χ1) is 49.9. The number of phosphoric ester groups is 6. The van der Waals surface area contributed by atoms with E-state index < -0.39 is 180 Å². The van der Waals surface area contributed by atoms with Crippen molar-refractivity contribution in [2.45, 2.75) is 129 Å². The molecule has 58 heteroatoms. The molecule has 2 aliphatic heterocycles. The van der Waals surface area contributed by atoms with Gasteiger partial charge in [-0.3, -0.25) is 74.6 Å². The third-order valence-corrected chi connectivity index (χ3v) is 22.4. The van der Waals surface area contributed by atoms with E-state index >= 15 is 0 Å². The smallest absolute Gasteiger partial charge is 0.386 e. The van der Waals surface area contributed by atoms with Gasteiger partial charge in [-0.25, -0.2) is 57.3 Å². The van der Waals surface area contributed by atoms with Gasteiger partial charge in [0.25, 0.3) is 5.12 Å². The maximum absolute atomic E-state index is 12.6. The van der Waals surface area contributed by atoms with E-state index in [0.717, 1.165) is 58.0 Å². The van der Waals surface area contributed by atoms with Crippen molar-refractivity contribution in [1.82, 2.24) is 60.3 Å². The number of amides is 4. The number of Topliss-reactive ketones (excluding diaryl/α,β-unsaturated/α-hetero) is 2. The molecule has 6 rings (SSSR count). The lowest BCUT2D eigenvalue weighted by Gasteiger charge is -2.30. The van der Waals surface area contributed by atoms with Crippen LogP contribution >= 0.6 is 70.5 Å².